The second-order valence-corrected chi connectivity index (χ2v) is 9.08. The van der Waals surface area contributed by atoms with Crippen LogP contribution in [-0.2, 0) is 14.8 Å². The first-order valence-electron chi connectivity index (χ1n) is 9.61. The number of anilines is 2. The van der Waals surface area contributed by atoms with Gasteiger partial charge in [-0.1, -0.05) is 50.2 Å². The Labute approximate surface area is 180 Å². The number of carbonyl (C=O) groups excluding carboxylic acids is 1. The molecule has 0 atom stereocenters. The van der Waals surface area contributed by atoms with Crippen LogP contribution in [0, 0.1) is 11.6 Å². The minimum absolute atomic E-state index is 0.00666. The number of nitrogens with zero attached hydrogens (tertiary/aromatic N) is 1. The number of halogens is 2. The molecule has 0 aliphatic heterocycles. The van der Waals surface area contributed by atoms with Crippen molar-refractivity contribution in [3.63, 3.8) is 0 Å². The Morgan fingerprint density at radius 2 is 1.48 bits per heavy atom. The molecule has 0 saturated carbocycles. The first-order valence-corrected chi connectivity index (χ1v) is 11.1. The van der Waals surface area contributed by atoms with E-state index in [1.165, 1.54) is 18.2 Å². The van der Waals surface area contributed by atoms with E-state index in [0.717, 1.165) is 22.0 Å². The molecule has 3 aromatic rings. The molecule has 3 aromatic carbocycles. The molecule has 8 heteroatoms. The Kier molecular flexibility index (Phi) is 6.70. The highest BCUT2D eigenvalue weighted by atomic mass is 32.2. The molecule has 0 saturated heterocycles. The van der Waals surface area contributed by atoms with Crippen LogP contribution in [0.5, 0.6) is 0 Å². The molecular weight excluding hydrogens is 422 g/mol. The summed E-state index contributed by atoms with van der Waals surface area (Å²) in [5.41, 5.74) is 0.635. The van der Waals surface area contributed by atoms with Gasteiger partial charge in [0.25, 0.3) is 10.0 Å². The van der Waals surface area contributed by atoms with Crippen LogP contribution in [0.2, 0.25) is 0 Å². The van der Waals surface area contributed by atoms with Gasteiger partial charge in [0.05, 0.1) is 10.6 Å². The number of benzene rings is 3. The average molecular weight is 445 g/mol. The molecule has 0 spiro atoms. The Morgan fingerprint density at radius 1 is 0.903 bits per heavy atom. The van der Waals surface area contributed by atoms with Crippen molar-refractivity contribution < 1.29 is 22.0 Å². The summed E-state index contributed by atoms with van der Waals surface area (Å²) in [5, 5.41) is 2.14. The van der Waals surface area contributed by atoms with E-state index in [1.807, 2.05) is 13.8 Å². The van der Waals surface area contributed by atoms with Gasteiger partial charge in [0.15, 0.2) is 0 Å². The van der Waals surface area contributed by atoms with Crippen molar-refractivity contribution in [3.05, 3.63) is 90.0 Å². The Morgan fingerprint density at radius 3 is 2.03 bits per heavy atom. The summed E-state index contributed by atoms with van der Waals surface area (Å²) in [6.07, 6.45) is 0. The van der Waals surface area contributed by atoms with E-state index in [1.54, 1.807) is 42.5 Å². The molecule has 0 aliphatic rings. The predicted octanol–water partition coefficient (Wildman–Crippen LogP) is 4.92. The van der Waals surface area contributed by atoms with Gasteiger partial charge in [-0.15, -0.1) is 0 Å². The van der Waals surface area contributed by atoms with Crippen molar-refractivity contribution in [2.75, 3.05) is 16.2 Å². The third kappa shape index (κ3) is 5.08. The van der Waals surface area contributed by atoms with Gasteiger partial charge in [-0.25, -0.2) is 17.2 Å². The number of para-hydroxylation sites is 1. The van der Waals surface area contributed by atoms with Crippen LogP contribution in [-0.4, -0.2) is 20.9 Å². The van der Waals surface area contributed by atoms with Crippen LogP contribution < -0.4 is 9.62 Å². The fourth-order valence-corrected chi connectivity index (χ4v) is 4.43. The lowest BCUT2D eigenvalue weighted by molar-refractivity contribution is -0.114. The van der Waals surface area contributed by atoms with E-state index in [2.05, 4.69) is 5.32 Å². The molecule has 1 N–H and O–H groups in total. The lowest BCUT2D eigenvalue weighted by Crippen LogP contribution is -2.38. The monoisotopic (exact) mass is 444 g/mol. The molecular formula is C23H22F2N2O3S. The van der Waals surface area contributed by atoms with Gasteiger partial charge in [0, 0.05) is 0 Å². The van der Waals surface area contributed by atoms with Crippen molar-refractivity contribution in [1.29, 1.82) is 0 Å². The van der Waals surface area contributed by atoms with Gasteiger partial charge < -0.3 is 5.32 Å². The van der Waals surface area contributed by atoms with E-state index >= 15 is 0 Å². The van der Waals surface area contributed by atoms with Gasteiger partial charge in [-0.05, 0) is 47.9 Å². The van der Waals surface area contributed by atoms with E-state index < -0.39 is 39.8 Å². The van der Waals surface area contributed by atoms with Crippen LogP contribution in [0.3, 0.4) is 0 Å². The molecule has 0 aromatic heterocycles. The summed E-state index contributed by atoms with van der Waals surface area (Å²) in [4.78, 5) is 12.6. The Bertz CT molecular complexity index is 1140. The van der Waals surface area contributed by atoms with Crippen LogP contribution in [0.15, 0.2) is 77.7 Å². The number of carbonyl (C=O) groups is 1. The summed E-state index contributed by atoms with van der Waals surface area (Å²) in [5.74, 6) is -2.55. The van der Waals surface area contributed by atoms with Crippen LogP contribution in [0.1, 0.15) is 25.3 Å². The van der Waals surface area contributed by atoms with Gasteiger partial charge in [0.2, 0.25) is 5.91 Å². The van der Waals surface area contributed by atoms with Crippen molar-refractivity contribution >= 4 is 27.3 Å². The number of hydrogen-bond acceptors (Lipinski definition) is 3. The fourth-order valence-electron chi connectivity index (χ4n) is 2.99. The van der Waals surface area contributed by atoms with Crippen molar-refractivity contribution in [2.45, 2.75) is 24.7 Å². The largest absolute Gasteiger partial charge is 0.320 e. The van der Waals surface area contributed by atoms with Crippen LogP contribution in [0.4, 0.5) is 20.2 Å². The lowest BCUT2D eigenvalue weighted by atomic mass is 10.0. The maximum absolute atomic E-state index is 13.9. The summed E-state index contributed by atoms with van der Waals surface area (Å²) < 4.78 is 55.3. The molecule has 3 rings (SSSR count). The van der Waals surface area contributed by atoms with Gasteiger partial charge in [-0.2, -0.15) is 0 Å². The van der Waals surface area contributed by atoms with Crippen molar-refractivity contribution in [2.24, 2.45) is 0 Å². The van der Waals surface area contributed by atoms with Crippen molar-refractivity contribution in [3.8, 4) is 0 Å². The molecule has 0 radical (unpaired) electrons. The van der Waals surface area contributed by atoms with Crippen LogP contribution >= 0.6 is 0 Å². The van der Waals surface area contributed by atoms with E-state index in [-0.39, 0.29) is 16.5 Å². The zero-order valence-corrected chi connectivity index (χ0v) is 17.9. The highest BCUT2D eigenvalue weighted by molar-refractivity contribution is 7.92. The molecule has 1 amide bonds. The predicted molar refractivity (Wildman–Crippen MR) is 116 cm³/mol. The molecule has 0 aliphatic carbocycles. The first kappa shape index (κ1) is 22.4. The highest BCUT2D eigenvalue weighted by Crippen LogP contribution is 2.26. The standard InChI is InChI=1S/C23H22F2N2O3S/c1-16(2)17-11-13-18(14-12-17)27(31(29,30)19-7-4-3-5-8-19)15-22(28)26-23-20(24)9-6-10-21(23)25/h3-14,16H,15H2,1-2H3,(H,26,28). The van der Waals surface area contributed by atoms with E-state index in [9.17, 15) is 22.0 Å². The number of sulfonamides is 1. The third-order valence-electron chi connectivity index (χ3n) is 4.69. The molecule has 162 valence electrons. The topological polar surface area (TPSA) is 66.5 Å². The molecule has 0 bridgehead atoms. The van der Waals surface area contributed by atoms with E-state index in [4.69, 9.17) is 0 Å². The normalized spacial score (nSPS) is 11.4. The second kappa shape index (κ2) is 9.26. The van der Waals surface area contributed by atoms with Gasteiger partial charge in [-0.3, -0.25) is 9.10 Å². The second-order valence-electron chi connectivity index (χ2n) is 7.22. The number of hydrogen-bond donors (Lipinski definition) is 1. The molecule has 0 unspecified atom stereocenters. The smallest absolute Gasteiger partial charge is 0.264 e. The lowest BCUT2D eigenvalue weighted by Gasteiger charge is -2.24. The van der Waals surface area contributed by atoms with E-state index in [0.29, 0.717) is 0 Å². The zero-order valence-electron chi connectivity index (χ0n) is 17.0. The molecule has 31 heavy (non-hydrogen) atoms. The minimum atomic E-state index is -4.11. The average Bonchev–Trinajstić information content (AvgIpc) is 2.75. The first-order chi connectivity index (χ1) is 14.7. The molecule has 5 nitrogen and oxygen atoms in total. The number of rotatable bonds is 7. The number of amides is 1. The summed E-state index contributed by atoms with van der Waals surface area (Å²) >= 11 is 0. The highest BCUT2D eigenvalue weighted by Gasteiger charge is 2.27. The summed E-state index contributed by atoms with van der Waals surface area (Å²) in [7, 11) is -4.11. The number of nitrogens with one attached hydrogen (secondary N) is 1. The quantitative estimate of drug-likeness (QED) is 0.562. The fraction of sp³-hybridized carbons (Fsp3) is 0.174. The minimum Gasteiger partial charge on any atom is -0.320 e. The zero-order chi connectivity index (χ0) is 22.6. The Hall–Kier alpha value is -3.26. The van der Waals surface area contributed by atoms with Crippen LogP contribution in [0.25, 0.3) is 0 Å². The Balaban J connectivity index is 1.97. The van der Waals surface area contributed by atoms with Gasteiger partial charge in [0.1, 0.15) is 23.9 Å². The summed E-state index contributed by atoms with van der Waals surface area (Å²) in [6.45, 7) is 3.35. The third-order valence-corrected chi connectivity index (χ3v) is 6.48. The molecule has 0 heterocycles. The maximum Gasteiger partial charge on any atom is 0.264 e. The SMILES string of the molecule is CC(C)c1ccc(N(CC(=O)Nc2c(F)cccc2F)S(=O)(=O)c2ccccc2)cc1. The van der Waals surface area contributed by atoms with Crippen molar-refractivity contribution in [1.82, 2.24) is 0 Å². The molecule has 0 fully saturated rings. The van der Waals surface area contributed by atoms with Gasteiger partial charge >= 0.3 is 0 Å². The maximum atomic E-state index is 13.9. The summed E-state index contributed by atoms with van der Waals surface area (Å²) in [6, 6.07) is 17.6.